The first-order valence-electron chi connectivity index (χ1n) is 4.62. The van der Waals surface area contributed by atoms with Crippen molar-refractivity contribution in [1.29, 1.82) is 0 Å². The van der Waals surface area contributed by atoms with Crippen molar-refractivity contribution in [1.82, 2.24) is 4.90 Å². The number of rotatable bonds is 5. The number of hydrogen-bond acceptors (Lipinski definition) is 3. The molecule has 0 aromatic heterocycles. The number of likely N-dealkylation sites (N-methyl/N-ethyl adjacent to an activating group) is 1. The molecule has 82 valence electrons. The Bertz CT molecular complexity index is 341. The van der Waals surface area contributed by atoms with Crippen molar-refractivity contribution in [2.24, 2.45) is 0 Å². The summed E-state index contributed by atoms with van der Waals surface area (Å²) in [5.74, 6) is 0.816. The number of aldehydes is 1. The minimum atomic E-state index is 0.448. The summed E-state index contributed by atoms with van der Waals surface area (Å²) in [6.07, 6.45) is 0.901. The molecule has 0 fully saturated rings. The van der Waals surface area contributed by atoms with Gasteiger partial charge in [-0.05, 0) is 40.7 Å². The number of hydrogen-bond donors (Lipinski definition) is 0. The van der Waals surface area contributed by atoms with Gasteiger partial charge in [0.25, 0.3) is 0 Å². The normalized spacial score (nSPS) is 10.4. The van der Waals surface area contributed by atoms with E-state index in [1.165, 1.54) is 0 Å². The van der Waals surface area contributed by atoms with Gasteiger partial charge in [0.05, 0.1) is 18.1 Å². The minimum absolute atomic E-state index is 0.448. The molecular weight excluding hydrogens is 258 g/mol. The Morgan fingerprint density at radius 3 is 2.80 bits per heavy atom. The SMILES string of the molecule is COc1ccc(CN(C)CC=O)cc1Br. The summed E-state index contributed by atoms with van der Waals surface area (Å²) in [5.41, 5.74) is 1.15. The summed E-state index contributed by atoms with van der Waals surface area (Å²) < 4.78 is 6.07. The zero-order valence-electron chi connectivity index (χ0n) is 8.87. The number of carbonyl (C=O) groups is 1. The second kappa shape index (κ2) is 5.88. The van der Waals surface area contributed by atoms with Crippen LogP contribution in [0.3, 0.4) is 0 Å². The third-order valence-corrected chi connectivity index (χ3v) is 2.67. The van der Waals surface area contributed by atoms with Crippen LogP contribution >= 0.6 is 15.9 Å². The molecule has 4 heteroatoms. The fourth-order valence-electron chi connectivity index (χ4n) is 1.31. The Morgan fingerprint density at radius 2 is 2.27 bits per heavy atom. The maximum atomic E-state index is 10.3. The number of ether oxygens (including phenoxy) is 1. The molecule has 0 bridgehead atoms. The van der Waals surface area contributed by atoms with E-state index in [9.17, 15) is 4.79 Å². The molecule has 15 heavy (non-hydrogen) atoms. The summed E-state index contributed by atoms with van der Waals surface area (Å²) in [6.45, 7) is 1.20. The van der Waals surface area contributed by atoms with E-state index in [4.69, 9.17) is 4.74 Å². The van der Waals surface area contributed by atoms with Gasteiger partial charge in [-0.2, -0.15) is 0 Å². The lowest BCUT2D eigenvalue weighted by Gasteiger charge is -2.13. The zero-order valence-corrected chi connectivity index (χ0v) is 10.5. The summed E-state index contributed by atoms with van der Waals surface area (Å²) in [4.78, 5) is 12.2. The van der Waals surface area contributed by atoms with Gasteiger partial charge in [0.2, 0.25) is 0 Å². The van der Waals surface area contributed by atoms with Crippen LogP contribution in [0.4, 0.5) is 0 Å². The molecule has 1 aromatic rings. The molecule has 0 atom stereocenters. The van der Waals surface area contributed by atoms with Crippen LogP contribution in [-0.2, 0) is 11.3 Å². The molecule has 1 aromatic carbocycles. The van der Waals surface area contributed by atoms with E-state index in [1.807, 2.05) is 30.1 Å². The highest BCUT2D eigenvalue weighted by Gasteiger charge is 2.03. The number of carbonyl (C=O) groups excluding carboxylic acids is 1. The van der Waals surface area contributed by atoms with E-state index in [-0.39, 0.29) is 0 Å². The molecule has 0 saturated carbocycles. The number of methoxy groups -OCH3 is 1. The third-order valence-electron chi connectivity index (χ3n) is 2.05. The number of halogens is 1. The van der Waals surface area contributed by atoms with Crippen molar-refractivity contribution in [2.75, 3.05) is 20.7 Å². The highest BCUT2D eigenvalue weighted by molar-refractivity contribution is 9.10. The molecule has 0 N–H and O–H groups in total. The Kier molecular flexibility index (Phi) is 4.78. The van der Waals surface area contributed by atoms with E-state index in [0.717, 1.165) is 28.6 Å². The standard InChI is InChI=1S/C11H14BrNO2/c1-13(5-6-14)8-9-3-4-11(15-2)10(12)7-9/h3-4,6-7H,5,8H2,1-2H3. The van der Waals surface area contributed by atoms with Gasteiger partial charge in [-0.1, -0.05) is 6.07 Å². The van der Waals surface area contributed by atoms with Crippen molar-refractivity contribution in [3.8, 4) is 5.75 Å². The first-order valence-corrected chi connectivity index (χ1v) is 5.41. The molecule has 1 rings (SSSR count). The largest absolute Gasteiger partial charge is 0.496 e. The molecule has 0 aliphatic carbocycles. The van der Waals surface area contributed by atoms with Crippen molar-refractivity contribution in [3.05, 3.63) is 28.2 Å². The van der Waals surface area contributed by atoms with E-state index in [0.29, 0.717) is 6.54 Å². The van der Waals surface area contributed by atoms with Gasteiger partial charge in [-0.15, -0.1) is 0 Å². The van der Waals surface area contributed by atoms with Gasteiger partial charge in [0.15, 0.2) is 0 Å². The molecule has 0 saturated heterocycles. The summed E-state index contributed by atoms with van der Waals surface area (Å²) in [5, 5.41) is 0. The maximum Gasteiger partial charge on any atom is 0.133 e. The van der Waals surface area contributed by atoms with Gasteiger partial charge in [0, 0.05) is 6.54 Å². The van der Waals surface area contributed by atoms with E-state index >= 15 is 0 Å². The van der Waals surface area contributed by atoms with Crippen LogP contribution in [0.15, 0.2) is 22.7 Å². The van der Waals surface area contributed by atoms with Crippen molar-refractivity contribution < 1.29 is 9.53 Å². The van der Waals surface area contributed by atoms with Gasteiger partial charge < -0.3 is 9.53 Å². The molecule has 0 amide bonds. The summed E-state index contributed by atoms with van der Waals surface area (Å²) in [7, 11) is 3.55. The monoisotopic (exact) mass is 271 g/mol. The van der Waals surface area contributed by atoms with Crippen LogP contribution in [0.2, 0.25) is 0 Å². The second-order valence-electron chi connectivity index (χ2n) is 3.33. The highest BCUT2D eigenvalue weighted by Crippen LogP contribution is 2.25. The molecule has 0 heterocycles. The Balaban J connectivity index is 2.70. The molecule has 0 aliphatic heterocycles. The van der Waals surface area contributed by atoms with Gasteiger partial charge in [-0.25, -0.2) is 0 Å². The summed E-state index contributed by atoms with van der Waals surface area (Å²) in [6, 6.07) is 5.90. The van der Waals surface area contributed by atoms with Crippen LogP contribution in [0, 0.1) is 0 Å². The first kappa shape index (κ1) is 12.2. The van der Waals surface area contributed by atoms with Crippen molar-refractivity contribution in [3.63, 3.8) is 0 Å². The molecule has 0 radical (unpaired) electrons. The number of benzene rings is 1. The topological polar surface area (TPSA) is 29.5 Å². The second-order valence-corrected chi connectivity index (χ2v) is 4.19. The Labute approximate surface area is 98.2 Å². The number of nitrogens with zero attached hydrogens (tertiary/aromatic N) is 1. The van der Waals surface area contributed by atoms with Crippen LogP contribution in [-0.4, -0.2) is 31.9 Å². The molecule has 3 nitrogen and oxygen atoms in total. The Morgan fingerprint density at radius 1 is 1.53 bits per heavy atom. The highest BCUT2D eigenvalue weighted by atomic mass is 79.9. The maximum absolute atomic E-state index is 10.3. The summed E-state index contributed by atoms with van der Waals surface area (Å²) >= 11 is 3.42. The fraction of sp³-hybridized carbons (Fsp3) is 0.364. The van der Waals surface area contributed by atoms with E-state index in [1.54, 1.807) is 7.11 Å². The van der Waals surface area contributed by atoms with Gasteiger partial charge in [-0.3, -0.25) is 4.90 Å². The lowest BCUT2D eigenvalue weighted by atomic mass is 10.2. The molecular formula is C11H14BrNO2. The minimum Gasteiger partial charge on any atom is -0.496 e. The van der Waals surface area contributed by atoms with E-state index in [2.05, 4.69) is 15.9 Å². The average molecular weight is 272 g/mol. The fourth-order valence-corrected chi connectivity index (χ4v) is 1.90. The predicted octanol–water partition coefficient (Wildman–Crippen LogP) is 2.09. The van der Waals surface area contributed by atoms with Crippen molar-refractivity contribution >= 4 is 22.2 Å². The molecule has 0 unspecified atom stereocenters. The third kappa shape index (κ3) is 3.64. The predicted molar refractivity (Wildman–Crippen MR) is 63.1 cm³/mol. The van der Waals surface area contributed by atoms with Crippen LogP contribution in [0.5, 0.6) is 5.75 Å². The molecule has 0 spiro atoms. The first-order chi connectivity index (χ1) is 7.17. The lowest BCUT2D eigenvalue weighted by molar-refractivity contribution is -0.108. The van der Waals surface area contributed by atoms with Gasteiger partial charge >= 0.3 is 0 Å². The smallest absolute Gasteiger partial charge is 0.133 e. The zero-order chi connectivity index (χ0) is 11.3. The van der Waals surface area contributed by atoms with Crippen LogP contribution < -0.4 is 4.74 Å². The lowest BCUT2D eigenvalue weighted by Crippen LogP contribution is -2.19. The van der Waals surface area contributed by atoms with Crippen molar-refractivity contribution in [2.45, 2.75) is 6.54 Å². The Hall–Kier alpha value is -0.870. The van der Waals surface area contributed by atoms with Gasteiger partial charge in [0.1, 0.15) is 12.0 Å². The van der Waals surface area contributed by atoms with Crippen LogP contribution in [0.25, 0.3) is 0 Å². The average Bonchev–Trinajstić information content (AvgIpc) is 2.18. The van der Waals surface area contributed by atoms with Crippen LogP contribution in [0.1, 0.15) is 5.56 Å². The molecule has 0 aliphatic rings. The van der Waals surface area contributed by atoms with E-state index < -0.39 is 0 Å². The quantitative estimate of drug-likeness (QED) is 0.769.